The smallest absolute Gasteiger partial charge is 0.408 e. The van der Waals surface area contributed by atoms with Gasteiger partial charge in [-0.3, -0.25) is 14.3 Å². The summed E-state index contributed by atoms with van der Waals surface area (Å²) in [5.74, 6) is 6.12. The highest BCUT2D eigenvalue weighted by atomic mass is 32.2. The van der Waals surface area contributed by atoms with Crippen molar-refractivity contribution in [3.8, 4) is 23.0 Å². The largest absolute Gasteiger partial charge is 0.463 e. The Morgan fingerprint density at radius 2 is 1.79 bits per heavy atom. The fourth-order valence-electron chi connectivity index (χ4n) is 4.91. The van der Waals surface area contributed by atoms with Gasteiger partial charge in [-0.1, -0.05) is 24.0 Å². The number of rotatable bonds is 5. The summed E-state index contributed by atoms with van der Waals surface area (Å²) in [7, 11) is -3.40. The number of nitrogens with one attached hydrogen (secondary N) is 2. The van der Waals surface area contributed by atoms with E-state index in [2.05, 4.69) is 21.9 Å². The van der Waals surface area contributed by atoms with Crippen molar-refractivity contribution in [1.29, 1.82) is 0 Å². The number of benzene rings is 2. The van der Waals surface area contributed by atoms with E-state index < -0.39 is 27.3 Å². The van der Waals surface area contributed by atoms with Gasteiger partial charge in [0.05, 0.1) is 23.1 Å². The average Bonchev–Trinajstić information content (AvgIpc) is 2.84. The molecule has 1 aromatic heterocycles. The number of alkyl carbamates (subject to hydrolysis) is 1. The van der Waals surface area contributed by atoms with Gasteiger partial charge in [0.1, 0.15) is 11.8 Å². The number of likely N-dealkylation sites (tertiary alicyclic amines) is 1. The number of anilines is 1. The minimum atomic E-state index is -3.40. The summed E-state index contributed by atoms with van der Waals surface area (Å²) in [6, 6.07) is 11.6. The van der Waals surface area contributed by atoms with Gasteiger partial charge in [0.15, 0.2) is 11.0 Å². The van der Waals surface area contributed by atoms with E-state index >= 15 is 0 Å². The molecule has 1 aliphatic heterocycles. The first-order valence-electron chi connectivity index (χ1n) is 13.7. The van der Waals surface area contributed by atoms with E-state index in [9.17, 15) is 22.8 Å². The first-order chi connectivity index (χ1) is 19.7. The van der Waals surface area contributed by atoms with Crippen LogP contribution in [0.1, 0.15) is 45.6 Å². The van der Waals surface area contributed by atoms with Crippen molar-refractivity contribution >= 4 is 38.7 Å². The number of hydrogen-bond donors (Lipinski definition) is 2. The zero-order valence-corrected chi connectivity index (χ0v) is 24.8. The minimum Gasteiger partial charge on any atom is -0.463 e. The Morgan fingerprint density at radius 3 is 2.38 bits per heavy atom. The molecule has 42 heavy (non-hydrogen) atoms. The molecule has 11 heteroatoms. The van der Waals surface area contributed by atoms with Gasteiger partial charge >= 0.3 is 6.09 Å². The van der Waals surface area contributed by atoms with E-state index in [0.29, 0.717) is 59.3 Å². The van der Waals surface area contributed by atoms with Crippen LogP contribution in [0.5, 0.6) is 0 Å². The molecule has 1 saturated heterocycles. The van der Waals surface area contributed by atoms with E-state index in [1.807, 2.05) is 20.8 Å². The molecular weight excluding hydrogens is 558 g/mol. The molecule has 3 aromatic rings. The van der Waals surface area contributed by atoms with Crippen LogP contribution in [-0.2, 0) is 19.6 Å². The molecule has 2 amide bonds. The van der Waals surface area contributed by atoms with Gasteiger partial charge in [-0.25, -0.2) is 13.2 Å². The summed E-state index contributed by atoms with van der Waals surface area (Å²) in [5, 5.41) is 3.16. The Labute approximate surface area is 244 Å². The molecule has 2 heterocycles. The van der Waals surface area contributed by atoms with Crippen LogP contribution >= 0.6 is 0 Å². The summed E-state index contributed by atoms with van der Waals surface area (Å²) >= 11 is 0. The number of carbonyl (C=O) groups excluding carboxylic acids is 2. The molecule has 2 aromatic carbocycles. The molecule has 2 fully saturated rings. The fraction of sp³-hybridized carbons (Fsp3) is 0.387. The predicted molar refractivity (Wildman–Crippen MR) is 159 cm³/mol. The van der Waals surface area contributed by atoms with Gasteiger partial charge in [-0.05, 0) is 75.9 Å². The van der Waals surface area contributed by atoms with E-state index in [1.54, 1.807) is 47.4 Å². The number of nitrogens with zero attached hydrogens (tertiary/aromatic N) is 1. The van der Waals surface area contributed by atoms with Crippen LogP contribution in [0.15, 0.2) is 57.9 Å². The van der Waals surface area contributed by atoms with Crippen LogP contribution in [0.3, 0.4) is 0 Å². The van der Waals surface area contributed by atoms with Crippen molar-refractivity contribution in [2.75, 3.05) is 24.1 Å². The maximum Gasteiger partial charge on any atom is 0.408 e. The molecule has 2 aliphatic rings. The van der Waals surface area contributed by atoms with Gasteiger partial charge in [-0.15, -0.1) is 0 Å². The van der Waals surface area contributed by atoms with Gasteiger partial charge in [0, 0.05) is 29.9 Å². The molecule has 0 unspecified atom stereocenters. The lowest BCUT2D eigenvalue weighted by Gasteiger charge is -2.46. The highest BCUT2D eigenvalue weighted by Crippen LogP contribution is 2.39. The van der Waals surface area contributed by atoms with Crippen LogP contribution in [0.25, 0.3) is 22.1 Å². The van der Waals surface area contributed by atoms with Gasteiger partial charge in [-0.2, -0.15) is 0 Å². The quantitative estimate of drug-likeness (QED) is 0.427. The molecular formula is C31H33N3O7S. The number of ether oxygens (including phenoxy) is 1. The molecule has 0 atom stereocenters. The molecule has 1 saturated carbocycles. The second-order valence-electron chi connectivity index (χ2n) is 11.9. The second-order valence-corrected chi connectivity index (χ2v) is 13.7. The molecule has 0 spiro atoms. The van der Waals surface area contributed by atoms with Crippen molar-refractivity contribution in [1.82, 2.24) is 10.2 Å². The Kier molecular flexibility index (Phi) is 7.53. The van der Waals surface area contributed by atoms with Crippen molar-refractivity contribution in [2.24, 2.45) is 5.92 Å². The van der Waals surface area contributed by atoms with Gasteiger partial charge in [0.25, 0.3) is 5.91 Å². The monoisotopic (exact) mass is 591 g/mol. The molecule has 220 valence electrons. The highest BCUT2D eigenvalue weighted by Gasteiger charge is 2.52. The number of sulfonamides is 1. The molecule has 10 nitrogen and oxygen atoms in total. The summed E-state index contributed by atoms with van der Waals surface area (Å²) in [6.07, 6.45) is 3.74. The van der Waals surface area contributed by atoms with Crippen LogP contribution < -0.4 is 15.5 Å². The van der Waals surface area contributed by atoms with Crippen molar-refractivity contribution in [2.45, 2.75) is 51.2 Å². The van der Waals surface area contributed by atoms with E-state index in [0.717, 1.165) is 12.7 Å². The molecule has 1 aliphatic carbocycles. The zero-order chi connectivity index (χ0) is 30.3. The number of fused-ring (bicyclic) bond motifs is 1. The third-order valence-corrected chi connectivity index (χ3v) is 7.79. The van der Waals surface area contributed by atoms with E-state index in [4.69, 9.17) is 9.15 Å². The van der Waals surface area contributed by atoms with E-state index in [-0.39, 0.29) is 17.3 Å². The van der Waals surface area contributed by atoms with Crippen LogP contribution in [0, 0.1) is 17.8 Å². The number of hydrogen-bond acceptors (Lipinski definition) is 7. The predicted octanol–water partition coefficient (Wildman–Crippen LogP) is 4.09. The lowest BCUT2D eigenvalue weighted by molar-refractivity contribution is -0.166. The summed E-state index contributed by atoms with van der Waals surface area (Å²) in [4.78, 5) is 40.3. The maximum absolute atomic E-state index is 13.1. The number of amides is 2. The summed E-state index contributed by atoms with van der Waals surface area (Å²) in [6.45, 7) is 6.48. The maximum atomic E-state index is 13.1. The third-order valence-electron chi connectivity index (χ3n) is 7.18. The topological polar surface area (TPSA) is 135 Å². The van der Waals surface area contributed by atoms with Crippen LogP contribution in [0.4, 0.5) is 10.5 Å². The second kappa shape index (κ2) is 10.8. The minimum absolute atomic E-state index is 0.0142. The molecule has 5 rings (SSSR count). The lowest BCUT2D eigenvalue weighted by atomic mass is 9.77. The SMILES string of the molecule is CC(C)(C)NC(=O)OC1(C(=O)N2CC(C#Cc3ccc4c(=O)c(-c5ccc(NS(C)(=O)=O)cc5)coc4c3)C2)CCC1. The Hall–Kier alpha value is -4.30. The molecule has 2 N–H and O–H groups in total. The zero-order valence-electron chi connectivity index (χ0n) is 23.9. The lowest BCUT2D eigenvalue weighted by Crippen LogP contribution is -2.62. The Balaban J connectivity index is 1.23. The Bertz CT molecular complexity index is 1770. The van der Waals surface area contributed by atoms with Crippen molar-refractivity contribution < 1.29 is 27.2 Å². The van der Waals surface area contributed by atoms with Gasteiger partial charge < -0.3 is 19.4 Å². The molecule has 0 bridgehead atoms. The first kappa shape index (κ1) is 29.2. The summed E-state index contributed by atoms with van der Waals surface area (Å²) in [5.41, 5.74) is 0.674. The molecule has 0 radical (unpaired) electrons. The van der Waals surface area contributed by atoms with Crippen LogP contribution in [0.2, 0.25) is 0 Å². The Morgan fingerprint density at radius 1 is 1.10 bits per heavy atom. The summed E-state index contributed by atoms with van der Waals surface area (Å²) < 4.78 is 36.6. The number of carbonyl (C=O) groups is 2. The van der Waals surface area contributed by atoms with E-state index in [1.165, 1.54) is 6.26 Å². The third kappa shape index (κ3) is 6.44. The van der Waals surface area contributed by atoms with Crippen molar-refractivity contribution in [3.05, 3.63) is 64.5 Å². The average molecular weight is 592 g/mol. The fourth-order valence-corrected chi connectivity index (χ4v) is 5.48. The highest BCUT2D eigenvalue weighted by molar-refractivity contribution is 7.92. The van der Waals surface area contributed by atoms with Gasteiger partial charge in [0.2, 0.25) is 10.0 Å². The first-order valence-corrected chi connectivity index (χ1v) is 15.6. The van der Waals surface area contributed by atoms with Crippen LogP contribution in [-0.4, -0.2) is 55.8 Å². The normalized spacial score (nSPS) is 16.4. The standard InChI is InChI=1S/C31H33N3O7S/c1-30(2,3)32-29(37)41-31(14-5-15-31)28(36)34-17-21(18-34)7-6-20-8-13-24-26(16-20)40-19-25(27(24)35)22-9-11-23(12-10-22)33-42(4,38)39/h8-13,16,19,21,33H,5,14-15,17-18H2,1-4H3,(H,32,37). The van der Waals surface area contributed by atoms with Crippen molar-refractivity contribution in [3.63, 3.8) is 0 Å².